The molecule has 0 bridgehead atoms. The number of thiazole rings is 1. The van der Waals surface area contributed by atoms with E-state index in [-0.39, 0.29) is 11.6 Å². The van der Waals surface area contributed by atoms with Crippen LogP contribution < -0.4 is 0 Å². The van der Waals surface area contributed by atoms with E-state index in [1.807, 2.05) is 5.94 Å². The second-order valence-electron chi connectivity index (χ2n) is 5.67. The molecule has 1 aliphatic rings. The number of rotatable bonds is 5. The summed E-state index contributed by atoms with van der Waals surface area (Å²) in [6.07, 6.45) is 2.06. The highest BCUT2D eigenvalue weighted by Crippen LogP contribution is 2.40. The third kappa shape index (κ3) is 3.04. The lowest BCUT2D eigenvalue weighted by atomic mass is 10.0. The quantitative estimate of drug-likeness (QED) is 0.800. The third-order valence-corrected chi connectivity index (χ3v) is 5.50. The average molecular weight is 381 g/mol. The van der Waals surface area contributed by atoms with Crippen molar-refractivity contribution in [2.45, 2.75) is 31.9 Å². The van der Waals surface area contributed by atoms with E-state index in [9.17, 15) is 14.7 Å². The molecule has 0 saturated carbocycles. The number of carbonyl (C=O) groups excluding carboxylic acids is 1. The average Bonchev–Trinajstić information content (AvgIpc) is 3.02. The van der Waals surface area contributed by atoms with E-state index in [0.717, 1.165) is 17.5 Å². The number of halogens is 1. The molecule has 1 aromatic heterocycles. The van der Waals surface area contributed by atoms with Crippen LogP contribution in [0.2, 0.25) is 5.02 Å². The number of ether oxygens (including phenoxy) is 1. The molecular formula is C17H17ClN2O4S. The maximum atomic E-state index is 12.3. The molecule has 25 heavy (non-hydrogen) atoms. The fourth-order valence-corrected chi connectivity index (χ4v) is 4.45. The Labute approximate surface area is 153 Å². The van der Waals surface area contributed by atoms with Crippen LogP contribution in [0.25, 0.3) is 10.2 Å². The molecule has 1 unspecified atom stereocenters. The van der Waals surface area contributed by atoms with Gasteiger partial charge in [-0.25, -0.2) is 14.6 Å². The lowest BCUT2D eigenvalue weighted by Gasteiger charge is -2.42. The highest BCUT2D eigenvalue weighted by molar-refractivity contribution is 7.18. The monoisotopic (exact) mass is 380 g/mol. The molecule has 0 spiro atoms. The summed E-state index contributed by atoms with van der Waals surface area (Å²) in [5.74, 6) is 0.690. The first-order chi connectivity index (χ1) is 12.0. The Kier molecular flexibility index (Phi) is 5.11. The van der Waals surface area contributed by atoms with Gasteiger partial charge in [-0.3, -0.25) is 0 Å². The molecule has 0 aliphatic carbocycles. The molecule has 0 amide bonds. The van der Waals surface area contributed by atoms with Crippen LogP contribution in [-0.4, -0.2) is 40.1 Å². The van der Waals surface area contributed by atoms with Gasteiger partial charge in [-0.1, -0.05) is 11.6 Å². The number of aliphatic carboxylic acids is 1. The number of aromatic nitrogens is 1. The largest absolute Gasteiger partial charge is 0.477 e. The number of piperidine rings is 1. The number of nitrogens with zero attached hydrogens (tertiary/aromatic N) is 2. The van der Waals surface area contributed by atoms with Gasteiger partial charge in [0.2, 0.25) is 0 Å². The number of likely N-dealkylation sites (tertiary alicyclic amines) is 1. The van der Waals surface area contributed by atoms with Crippen LogP contribution >= 0.6 is 22.9 Å². The predicted octanol–water partition coefficient (Wildman–Crippen LogP) is 3.43. The molecule has 0 radical (unpaired) electrons. The molecule has 1 atom stereocenters. The molecule has 2 aromatic rings. The number of carbonyl (C=O) groups is 1. The minimum absolute atomic E-state index is 0.158. The Morgan fingerprint density at radius 3 is 3.00 bits per heavy atom. The second-order valence-corrected chi connectivity index (χ2v) is 7.14. The van der Waals surface area contributed by atoms with Gasteiger partial charge in [-0.2, -0.15) is 0 Å². The van der Waals surface area contributed by atoms with Gasteiger partial charge in [0.1, 0.15) is 11.6 Å². The van der Waals surface area contributed by atoms with Gasteiger partial charge in [0, 0.05) is 18.2 Å². The van der Waals surface area contributed by atoms with Crippen molar-refractivity contribution in [2.75, 3.05) is 13.2 Å². The highest BCUT2D eigenvalue weighted by Gasteiger charge is 2.52. The van der Waals surface area contributed by atoms with E-state index < -0.39 is 11.7 Å². The van der Waals surface area contributed by atoms with Gasteiger partial charge < -0.3 is 14.7 Å². The Bertz CT molecular complexity index is 861. The van der Waals surface area contributed by atoms with Gasteiger partial charge in [0.05, 0.1) is 10.2 Å². The highest BCUT2D eigenvalue weighted by atomic mass is 35.5. The minimum atomic E-state index is -1.84. The normalized spacial score (nSPS) is 17.4. The SMILES string of the molecule is CCOC(C(=O)O)(c1nc2ccc(Cl)cc2s1)N1CCCCC1=C=O. The standard InChI is InChI=1S/C17H17ClN2O4S/c1-2-24-17(16(22)23,20-8-4-3-5-12(20)10-21)15-19-13-7-6-11(18)9-14(13)25-15/h6-7,9H,2-5,8H2,1H3,(H,22,23). The van der Waals surface area contributed by atoms with E-state index in [0.29, 0.717) is 29.2 Å². The van der Waals surface area contributed by atoms with E-state index >= 15 is 0 Å². The molecule has 1 fully saturated rings. The first-order valence-electron chi connectivity index (χ1n) is 7.98. The first-order valence-corrected chi connectivity index (χ1v) is 9.18. The fourth-order valence-electron chi connectivity index (χ4n) is 3.06. The van der Waals surface area contributed by atoms with Crippen molar-refractivity contribution in [3.63, 3.8) is 0 Å². The number of hydrogen-bond donors (Lipinski definition) is 1. The van der Waals surface area contributed by atoms with E-state index in [2.05, 4.69) is 4.98 Å². The Morgan fingerprint density at radius 2 is 2.32 bits per heavy atom. The van der Waals surface area contributed by atoms with Crippen molar-refractivity contribution in [1.29, 1.82) is 0 Å². The van der Waals surface area contributed by atoms with E-state index in [1.54, 1.807) is 25.1 Å². The lowest BCUT2D eigenvalue weighted by Crippen LogP contribution is -2.55. The summed E-state index contributed by atoms with van der Waals surface area (Å²) in [4.78, 5) is 29.7. The van der Waals surface area contributed by atoms with E-state index in [4.69, 9.17) is 16.3 Å². The number of allylic oxidation sites excluding steroid dienone is 1. The fraction of sp³-hybridized carbons (Fsp3) is 0.412. The van der Waals surface area contributed by atoms with Crippen LogP contribution in [0.3, 0.4) is 0 Å². The molecule has 6 nitrogen and oxygen atoms in total. The molecule has 1 aliphatic heterocycles. The van der Waals surface area contributed by atoms with Crippen LogP contribution in [-0.2, 0) is 20.1 Å². The van der Waals surface area contributed by atoms with Crippen molar-refractivity contribution >= 4 is 45.1 Å². The number of fused-ring (bicyclic) bond motifs is 1. The summed E-state index contributed by atoms with van der Waals surface area (Å²) in [5, 5.41) is 10.9. The molecule has 2 heterocycles. The van der Waals surface area contributed by atoms with Crippen molar-refractivity contribution < 1.29 is 19.4 Å². The first kappa shape index (κ1) is 17.9. The smallest absolute Gasteiger partial charge is 0.365 e. The van der Waals surface area contributed by atoms with Crippen LogP contribution in [0.5, 0.6) is 0 Å². The van der Waals surface area contributed by atoms with Gasteiger partial charge in [0.15, 0.2) is 5.01 Å². The molecule has 8 heteroatoms. The molecule has 1 aromatic carbocycles. The summed E-state index contributed by atoms with van der Waals surface area (Å²) in [6.45, 7) is 2.27. The molecular weight excluding hydrogens is 364 g/mol. The van der Waals surface area contributed by atoms with Crippen molar-refractivity contribution in [3.8, 4) is 0 Å². The number of hydrogen-bond acceptors (Lipinski definition) is 6. The Morgan fingerprint density at radius 1 is 1.52 bits per heavy atom. The van der Waals surface area contributed by atoms with Gasteiger partial charge in [-0.15, -0.1) is 11.3 Å². The van der Waals surface area contributed by atoms with Crippen molar-refractivity contribution in [3.05, 3.63) is 33.9 Å². The Hall–Kier alpha value is -1.92. The number of benzene rings is 1. The molecule has 1 saturated heterocycles. The summed E-state index contributed by atoms with van der Waals surface area (Å²) >= 11 is 7.23. The number of carboxylic acid groups (broad SMARTS) is 1. The maximum Gasteiger partial charge on any atom is 0.365 e. The zero-order chi connectivity index (χ0) is 18.0. The van der Waals surface area contributed by atoms with Gasteiger partial charge in [-0.05, 0) is 44.4 Å². The van der Waals surface area contributed by atoms with Gasteiger partial charge >= 0.3 is 5.97 Å². The van der Waals surface area contributed by atoms with Gasteiger partial charge in [0.25, 0.3) is 5.72 Å². The predicted molar refractivity (Wildman–Crippen MR) is 95.3 cm³/mol. The summed E-state index contributed by atoms with van der Waals surface area (Å²) < 4.78 is 6.52. The third-order valence-electron chi connectivity index (χ3n) is 4.15. The maximum absolute atomic E-state index is 12.3. The van der Waals surface area contributed by atoms with Crippen molar-refractivity contribution in [2.24, 2.45) is 0 Å². The zero-order valence-electron chi connectivity index (χ0n) is 13.6. The lowest BCUT2D eigenvalue weighted by molar-refractivity contribution is -0.197. The topological polar surface area (TPSA) is 79.7 Å². The zero-order valence-corrected chi connectivity index (χ0v) is 15.2. The molecule has 3 rings (SSSR count). The molecule has 1 N–H and O–H groups in total. The minimum Gasteiger partial charge on any atom is -0.477 e. The summed E-state index contributed by atoms with van der Waals surface area (Å²) in [7, 11) is 0. The Balaban J connectivity index is 2.21. The van der Waals surface area contributed by atoms with Crippen LogP contribution in [0, 0.1) is 0 Å². The summed E-state index contributed by atoms with van der Waals surface area (Å²) in [6, 6.07) is 5.18. The van der Waals surface area contributed by atoms with Crippen molar-refractivity contribution in [1.82, 2.24) is 9.88 Å². The number of carboxylic acids is 1. The molecule has 132 valence electrons. The van der Waals surface area contributed by atoms with Crippen LogP contribution in [0.15, 0.2) is 23.9 Å². The van der Waals surface area contributed by atoms with Crippen LogP contribution in [0.1, 0.15) is 31.2 Å². The summed E-state index contributed by atoms with van der Waals surface area (Å²) in [5.41, 5.74) is -0.888. The van der Waals surface area contributed by atoms with Crippen LogP contribution in [0.4, 0.5) is 0 Å². The second kappa shape index (κ2) is 7.14. The van der Waals surface area contributed by atoms with E-state index in [1.165, 1.54) is 16.2 Å².